The summed E-state index contributed by atoms with van der Waals surface area (Å²) in [4.78, 5) is 2.66. The van der Waals surface area contributed by atoms with E-state index in [9.17, 15) is 0 Å². The summed E-state index contributed by atoms with van der Waals surface area (Å²) in [7, 11) is 2.48. The van der Waals surface area contributed by atoms with Crippen molar-refractivity contribution in [2.24, 2.45) is 5.41 Å². The molecule has 0 N–H and O–H groups in total. The van der Waals surface area contributed by atoms with Gasteiger partial charge in [0.2, 0.25) is 0 Å². The monoisotopic (exact) mass is 208 g/mol. The van der Waals surface area contributed by atoms with Crippen LogP contribution in [0.4, 0.5) is 0 Å². The Morgan fingerprint density at radius 1 is 1.13 bits per heavy atom. The van der Waals surface area contributed by atoms with Crippen molar-refractivity contribution in [3.05, 3.63) is 0 Å². The summed E-state index contributed by atoms with van der Waals surface area (Å²) in [5.74, 6) is 0. The zero-order valence-electron chi connectivity index (χ0n) is 11.4. The smallest absolute Gasteiger partial charge is 0.111 e. The molecule has 0 spiro atoms. The van der Waals surface area contributed by atoms with Crippen molar-refractivity contribution < 1.29 is 0 Å². The van der Waals surface area contributed by atoms with Crippen molar-refractivity contribution in [3.63, 3.8) is 0 Å². The van der Waals surface area contributed by atoms with Crippen LogP contribution in [-0.4, -0.2) is 30.3 Å². The molecule has 0 saturated carbocycles. The van der Waals surface area contributed by atoms with Crippen LogP contribution in [0.5, 0.6) is 0 Å². The van der Waals surface area contributed by atoms with Crippen LogP contribution in [0.25, 0.3) is 0 Å². The van der Waals surface area contributed by atoms with E-state index in [1.54, 1.807) is 0 Å². The minimum atomic E-state index is 0.339. The summed E-state index contributed by atoms with van der Waals surface area (Å²) < 4.78 is 0. The molecule has 0 aliphatic carbocycles. The number of nitrogens with zero attached hydrogens (tertiary/aromatic N) is 1. The summed E-state index contributed by atoms with van der Waals surface area (Å²) in [6.07, 6.45) is 3.79. The van der Waals surface area contributed by atoms with Gasteiger partial charge in [-0.1, -0.05) is 26.5 Å². The van der Waals surface area contributed by atoms with Crippen molar-refractivity contribution in [1.29, 1.82) is 0 Å². The molecule has 1 heterocycles. The fourth-order valence-electron chi connectivity index (χ4n) is 3.33. The molecule has 1 nitrogen and oxygen atoms in total. The quantitative estimate of drug-likeness (QED) is 0.596. The van der Waals surface area contributed by atoms with Gasteiger partial charge >= 0.3 is 0 Å². The van der Waals surface area contributed by atoms with Gasteiger partial charge in [0.1, 0.15) is 7.28 Å². The molecule has 1 radical (unpaired) electrons. The summed E-state index contributed by atoms with van der Waals surface area (Å²) >= 11 is 0. The molecule has 1 aliphatic heterocycles. The molecule has 15 heavy (non-hydrogen) atoms. The molecule has 0 aromatic rings. The van der Waals surface area contributed by atoms with E-state index in [1.165, 1.54) is 25.6 Å². The largest absolute Gasteiger partial charge is 0.296 e. The van der Waals surface area contributed by atoms with E-state index >= 15 is 0 Å². The highest BCUT2D eigenvalue weighted by atomic mass is 15.2. The summed E-state index contributed by atoms with van der Waals surface area (Å²) in [5, 5.41) is 0. The van der Waals surface area contributed by atoms with E-state index in [4.69, 9.17) is 0 Å². The predicted octanol–water partition coefficient (Wildman–Crippen LogP) is 3.45. The second kappa shape index (κ2) is 4.49. The molecule has 1 saturated heterocycles. The first kappa shape index (κ1) is 13.1. The van der Waals surface area contributed by atoms with E-state index < -0.39 is 0 Å². The standard InChI is InChI=1S/C13H27BN/c1-11(2)15-8-7-14-10-12(3,4)9-13(15,5)6/h11H,7-10H2,1-6H3. The lowest BCUT2D eigenvalue weighted by molar-refractivity contribution is 0.0510. The first-order valence-corrected chi connectivity index (χ1v) is 6.33. The van der Waals surface area contributed by atoms with Crippen molar-refractivity contribution in [2.45, 2.75) is 72.2 Å². The molecule has 87 valence electrons. The Balaban J connectivity index is 2.81. The Kier molecular flexibility index (Phi) is 3.92. The van der Waals surface area contributed by atoms with Gasteiger partial charge in [0.15, 0.2) is 0 Å². The van der Waals surface area contributed by atoms with E-state index in [2.05, 4.69) is 53.7 Å². The molecule has 0 unspecified atom stereocenters. The highest BCUT2D eigenvalue weighted by Crippen LogP contribution is 2.37. The zero-order chi connectivity index (χ0) is 11.7. The second-order valence-electron chi connectivity index (χ2n) is 6.72. The van der Waals surface area contributed by atoms with Gasteiger partial charge in [0.25, 0.3) is 0 Å². The number of rotatable bonds is 1. The van der Waals surface area contributed by atoms with Crippen molar-refractivity contribution in [1.82, 2.24) is 4.90 Å². The first-order valence-electron chi connectivity index (χ1n) is 6.33. The summed E-state index contributed by atoms with van der Waals surface area (Å²) in [6, 6.07) is 0.655. The fourth-order valence-corrected chi connectivity index (χ4v) is 3.33. The molecule has 0 aromatic heterocycles. The van der Waals surface area contributed by atoms with Crippen LogP contribution in [0, 0.1) is 5.41 Å². The van der Waals surface area contributed by atoms with Crippen LogP contribution < -0.4 is 0 Å². The topological polar surface area (TPSA) is 3.24 Å². The SMILES string of the molecule is CC(C)N1CC[B]CC(C)(C)CC1(C)C. The van der Waals surface area contributed by atoms with Gasteiger partial charge in [-0.3, -0.25) is 4.90 Å². The van der Waals surface area contributed by atoms with Crippen molar-refractivity contribution >= 4 is 7.28 Å². The molecule has 2 heteroatoms. The van der Waals surface area contributed by atoms with Crippen LogP contribution >= 0.6 is 0 Å². The molecule has 1 aliphatic rings. The van der Waals surface area contributed by atoms with Crippen LogP contribution in [0.2, 0.25) is 12.6 Å². The van der Waals surface area contributed by atoms with Crippen LogP contribution in [0.1, 0.15) is 48.0 Å². The Hall–Kier alpha value is 0.0249. The first-order chi connectivity index (χ1) is 6.75. The average molecular weight is 208 g/mol. The molecule has 1 fully saturated rings. The number of hydrogen-bond acceptors (Lipinski definition) is 1. The van der Waals surface area contributed by atoms with E-state index in [-0.39, 0.29) is 0 Å². The molecule has 0 amide bonds. The fraction of sp³-hybridized carbons (Fsp3) is 1.00. The van der Waals surface area contributed by atoms with Crippen LogP contribution in [-0.2, 0) is 0 Å². The maximum Gasteiger partial charge on any atom is 0.111 e. The van der Waals surface area contributed by atoms with E-state index in [1.807, 2.05) is 0 Å². The zero-order valence-corrected chi connectivity index (χ0v) is 11.4. The highest BCUT2D eigenvalue weighted by Gasteiger charge is 2.35. The van der Waals surface area contributed by atoms with Gasteiger partial charge in [-0.15, -0.1) is 0 Å². The lowest BCUT2D eigenvalue weighted by atomic mass is 9.58. The third kappa shape index (κ3) is 3.51. The van der Waals surface area contributed by atoms with Crippen molar-refractivity contribution in [3.8, 4) is 0 Å². The van der Waals surface area contributed by atoms with Gasteiger partial charge in [-0.2, -0.15) is 0 Å². The summed E-state index contributed by atoms with van der Waals surface area (Å²) in [6.45, 7) is 15.5. The lowest BCUT2D eigenvalue weighted by Gasteiger charge is -2.47. The lowest BCUT2D eigenvalue weighted by Crippen LogP contribution is -2.51. The highest BCUT2D eigenvalue weighted by molar-refractivity contribution is 6.35. The maximum absolute atomic E-state index is 2.66. The normalized spacial score (nSPS) is 26.9. The van der Waals surface area contributed by atoms with Crippen LogP contribution in [0.3, 0.4) is 0 Å². The molecular formula is C13H27BN. The predicted molar refractivity (Wildman–Crippen MR) is 69.7 cm³/mol. The third-order valence-electron chi connectivity index (χ3n) is 3.58. The Bertz CT molecular complexity index is 209. The second-order valence-corrected chi connectivity index (χ2v) is 6.72. The van der Waals surface area contributed by atoms with Gasteiger partial charge in [-0.05, 0) is 46.1 Å². The van der Waals surface area contributed by atoms with Gasteiger partial charge in [0.05, 0.1) is 0 Å². The van der Waals surface area contributed by atoms with Crippen molar-refractivity contribution in [2.75, 3.05) is 6.54 Å². The molecule has 0 aromatic carbocycles. The Labute approximate surface area is 96.9 Å². The van der Waals surface area contributed by atoms with Crippen LogP contribution in [0.15, 0.2) is 0 Å². The summed E-state index contributed by atoms with van der Waals surface area (Å²) in [5.41, 5.74) is 0.795. The van der Waals surface area contributed by atoms with Gasteiger partial charge < -0.3 is 0 Å². The number of hydrogen-bond donors (Lipinski definition) is 0. The Morgan fingerprint density at radius 3 is 2.27 bits per heavy atom. The molecular weight excluding hydrogens is 181 g/mol. The minimum Gasteiger partial charge on any atom is -0.296 e. The van der Waals surface area contributed by atoms with E-state index in [0.717, 1.165) is 0 Å². The van der Waals surface area contributed by atoms with Gasteiger partial charge in [0, 0.05) is 11.6 Å². The minimum absolute atomic E-state index is 0.339. The molecule has 0 atom stereocenters. The third-order valence-corrected chi connectivity index (χ3v) is 3.58. The van der Waals surface area contributed by atoms with E-state index in [0.29, 0.717) is 17.0 Å². The average Bonchev–Trinajstić information content (AvgIpc) is 1.97. The molecule has 0 bridgehead atoms. The van der Waals surface area contributed by atoms with Gasteiger partial charge in [-0.25, -0.2) is 0 Å². The molecule has 1 rings (SSSR count). The maximum atomic E-state index is 2.66. The Morgan fingerprint density at radius 2 is 1.73 bits per heavy atom.